The second-order valence-corrected chi connectivity index (χ2v) is 17.4. The number of hydrogen-bond donors (Lipinski definition) is 0. The lowest BCUT2D eigenvalue weighted by molar-refractivity contribution is 0.669. The van der Waals surface area contributed by atoms with E-state index in [9.17, 15) is 0 Å². The summed E-state index contributed by atoms with van der Waals surface area (Å²) in [5, 5.41) is 4.47. The Bertz CT molecular complexity index is 3480. The summed E-state index contributed by atoms with van der Waals surface area (Å²) < 4.78 is 7.18. The van der Waals surface area contributed by atoms with E-state index in [0.717, 1.165) is 66.8 Å². The predicted molar refractivity (Wildman–Crippen MR) is 262 cm³/mol. The highest BCUT2D eigenvalue weighted by atomic mass is 32.2. The van der Waals surface area contributed by atoms with Crippen LogP contribution in [0.3, 0.4) is 0 Å². The molecule has 1 spiro atoms. The topological polar surface area (TPSA) is 19.6 Å². The van der Waals surface area contributed by atoms with E-state index < -0.39 is 5.41 Å². The first-order valence-corrected chi connectivity index (χ1v) is 22.3. The minimum Gasteiger partial charge on any atom is -0.454 e. The van der Waals surface area contributed by atoms with Crippen LogP contribution in [0.25, 0.3) is 43.8 Å². The van der Waals surface area contributed by atoms with Gasteiger partial charge in [-0.1, -0.05) is 169 Å². The van der Waals surface area contributed by atoms with Gasteiger partial charge in [-0.3, -0.25) is 0 Å². The molecule has 13 rings (SSSR count). The largest absolute Gasteiger partial charge is 0.454 e. The lowest BCUT2D eigenvalue weighted by atomic mass is 9.67. The van der Waals surface area contributed by atoms with E-state index in [2.05, 4.69) is 240 Å². The third-order valence-corrected chi connectivity index (χ3v) is 14.3. The number of nitrogens with zero attached hydrogens (tertiary/aromatic N) is 2. The van der Waals surface area contributed by atoms with Crippen molar-refractivity contribution >= 4 is 78.6 Å². The number of rotatable bonds is 6. The Balaban J connectivity index is 1.09. The van der Waals surface area contributed by atoms with Gasteiger partial charge >= 0.3 is 0 Å². The number of fused-ring (bicyclic) bond motifs is 14. The lowest BCUT2D eigenvalue weighted by Gasteiger charge is -2.41. The van der Waals surface area contributed by atoms with E-state index in [-0.39, 0.29) is 0 Å². The highest BCUT2D eigenvalue weighted by molar-refractivity contribution is 7.99. The second-order valence-electron chi connectivity index (χ2n) is 16.4. The van der Waals surface area contributed by atoms with E-state index in [4.69, 9.17) is 4.42 Å². The molecule has 0 radical (unpaired) electrons. The van der Waals surface area contributed by atoms with Crippen LogP contribution in [-0.2, 0) is 5.41 Å². The molecule has 0 bridgehead atoms. The Morgan fingerprint density at radius 1 is 0.381 bits per heavy atom. The van der Waals surface area contributed by atoms with E-state index in [1.54, 1.807) is 0 Å². The fourth-order valence-electron chi connectivity index (χ4n) is 10.5. The summed E-state index contributed by atoms with van der Waals surface area (Å²) in [6.07, 6.45) is 0. The van der Waals surface area contributed by atoms with Gasteiger partial charge in [0.15, 0.2) is 5.58 Å². The quantitative estimate of drug-likeness (QED) is 0.166. The maximum Gasteiger partial charge on any atom is 0.160 e. The van der Waals surface area contributed by atoms with Gasteiger partial charge in [0.2, 0.25) is 0 Å². The summed E-state index contributed by atoms with van der Waals surface area (Å²) in [5.41, 5.74) is 15.4. The number of hydrogen-bond acceptors (Lipinski definition) is 4. The normalized spacial score (nSPS) is 13.1. The number of para-hydroxylation sites is 3. The van der Waals surface area contributed by atoms with Crippen molar-refractivity contribution in [2.24, 2.45) is 0 Å². The molecule has 1 aliphatic carbocycles. The van der Waals surface area contributed by atoms with Crippen molar-refractivity contribution in [2.45, 2.75) is 15.2 Å². The van der Waals surface area contributed by atoms with Gasteiger partial charge < -0.3 is 14.2 Å². The van der Waals surface area contributed by atoms with Crippen LogP contribution in [0.4, 0.5) is 34.1 Å². The minimum absolute atomic E-state index is 0.499. The molecule has 2 heterocycles. The van der Waals surface area contributed by atoms with Crippen LogP contribution in [0.15, 0.2) is 245 Å². The van der Waals surface area contributed by atoms with E-state index >= 15 is 0 Å². The van der Waals surface area contributed by atoms with Crippen LogP contribution >= 0.6 is 11.8 Å². The molecule has 0 fully saturated rings. The average Bonchev–Trinajstić information content (AvgIpc) is 3.88. The predicted octanol–water partition coefficient (Wildman–Crippen LogP) is 16.5. The Kier molecular flexibility index (Phi) is 8.06. The van der Waals surface area contributed by atoms with Crippen molar-refractivity contribution in [3.05, 3.63) is 253 Å². The fraction of sp³-hybridized carbons (Fsp3) is 0.0169. The van der Waals surface area contributed by atoms with E-state index in [1.165, 1.54) is 43.2 Å². The van der Waals surface area contributed by atoms with Crippen LogP contribution in [-0.4, -0.2) is 0 Å². The summed E-state index contributed by atoms with van der Waals surface area (Å²) >= 11 is 1.87. The molecular formula is C59H38N2OS. The third-order valence-electron chi connectivity index (χ3n) is 13.1. The Morgan fingerprint density at radius 3 is 1.62 bits per heavy atom. The zero-order valence-corrected chi connectivity index (χ0v) is 35.0. The molecule has 296 valence electrons. The molecule has 0 saturated carbocycles. The number of furan rings is 1. The van der Waals surface area contributed by atoms with Gasteiger partial charge in [-0.15, -0.1) is 0 Å². The van der Waals surface area contributed by atoms with Gasteiger partial charge in [0.1, 0.15) is 5.58 Å². The molecule has 11 aromatic rings. The monoisotopic (exact) mass is 822 g/mol. The molecule has 1 aliphatic heterocycles. The Morgan fingerprint density at radius 2 is 0.937 bits per heavy atom. The molecule has 10 aromatic carbocycles. The maximum atomic E-state index is 7.18. The summed E-state index contributed by atoms with van der Waals surface area (Å²) in [7, 11) is 0. The molecule has 1 aromatic heterocycles. The summed E-state index contributed by atoms with van der Waals surface area (Å²) in [4.78, 5) is 7.26. The highest BCUT2D eigenvalue weighted by Crippen LogP contribution is 2.64. The zero-order chi connectivity index (χ0) is 41.5. The molecule has 0 amide bonds. The van der Waals surface area contributed by atoms with E-state index in [1.807, 2.05) is 11.8 Å². The van der Waals surface area contributed by atoms with Crippen molar-refractivity contribution in [2.75, 3.05) is 9.80 Å². The minimum atomic E-state index is -0.499. The summed E-state index contributed by atoms with van der Waals surface area (Å²) in [6.45, 7) is 0. The standard InChI is InChI=1S/C59H38N2OS/c1-4-20-40(21-5-1)60(41-22-6-2-7-23-41)43-35-36-54-47(38-43)56-44-26-11-10-19-39(44)37-53(57(56)62-54)61(42-24-8-3-9-25-42)52-33-18-32-51-58(52)63-55-34-17-16-31-50(55)59(51)48-29-14-12-27-45(48)46-28-13-15-30-49(46)59/h1-38H. The van der Waals surface area contributed by atoms with Gasteiger partial charge in [-0.05, 0) is 117 Å². The SMILES string of the molecule is c1ccc(N(c2ccccc2)c2ccc3oc4c(N(c5ccccc5)c5cccc6c5Sc5ccccc5C65c6ccccc6-c6ccccc65)cc5ccccc5c4c3c2)cc1. The second kappa shape index (κ2) is 14.1. The van der Waals surface area contributed by atoms with Crippen LogP contribution in [0.1, 0.15) is 22.3 Å². The summed E-state index contributed by atoms with van der Waals surface area (Å²) in [5.74, 6) is 0. The number of anilines is 6. The van der Waals surface area contributed by atoms with Gasteiger partial charge in [0.25, 0.3) is 0 Å². The average molecular weight is 823 g/mol. The number of benzene rings is 10. The molecular weight excluding hydrogens is 785 g/mol. The van der Waals surface area contributed by atoms with Crippen molar-refractivity contribution in [1.29, 1.82) is 0 Å². The molecule has 0 unspecified atom stereocenters. The Hall–Kier alpha value is -7.79. The van der Waals surface area contributed by atoms with Crippen molar-refractivity contribution in [3.8, 4) is 11.1 Å². The molecule has 0 N–H and O–H groups in total. The zero-order valence-electron chi connectivity index (χ0n) is 34.2. The fourth-order valence-corrected chi connectivity index (χ4v) is 11.8. The third kappa shape index (κ3) is 5.29. The molecule has 0 atom stereocenters. The summed E-state index contributed by atoms with van der Waals surface area (Å²) in [6, 6.07) is 83.7. The molecule has 4 heteroatoms. The van der Waals surface area contributed by atoms with Gasteiger partial charge in [0.05, 0.1) is 16.8 Å². The van der Waals surface area contributed by atoms with Crippen LogP contribution in [0.2, 0.25) is 0 Å². The van der Waals surface area contributed by atoms with Crippen molar-refractivity contribution < 1.29 is 4.42 Å². The van der Waals surface area contributed by atoms with Gasteiger partial charge in [-0.2, -0.15) is 0 Å². The first-order chi connectivity index (χ1) is 31.3. The highest BCUT2D eigenvalue weighted by Gasteiger charge is 2.50. The smallest absolute Gasteiger partial charge is 0.160 e. The molecule has 63 heavy (non-hydrogen) atoms. The van der Waals surface area contributed by atoms with Crippen molar-refractivity contribution in [1.82, 2.24) is 0 Å². The first kappa shape index (κ1) is 35.9. The van der Waals surface area contributed by atoms with E-state index in [0.29, 0.717) is 0 Å². The van der Waals surface area contributed by atoms with Crippen LogP contribution in [0, 0.1) is 0 Å². The lowest BCUT2D eigenvalue weighted by Crippen LogP contribution is -2.32. The molecule has 2 aliphatic rings. The first-order valence-electron chi connectivity index (χ1n) is 21.5. The molecule has 3 nitrogen and oxygen atoms in total. The van der Waals surface area contributed by atoms with Crippen molar-refractivity contribution in [3.63, 3.8) is 0 Å². The van der Waals surface area contributed by atoms with Gasteiger partial charge in [0, 0.05) is 43.3 Å². The van der Waals surface area contributed by atoms with Gasteiger partial charge in [-0.25, -0.2) is 0 Å². The van der Waals surface area contributed by atoms with Crippen LogP contribution < -0.4 is 9.80 Å². The van der Waals surface area contributed by atoms with Crippen LogP contribution in [0.5, 0.6) is 0 Å². The Labute approximate surface area is 370 Å². The molecule has 0 saturated heterocycles. The maximum absolute atomic E-state index is 7.18.